The van der Waals surface area contributed by atoms with Gasteiger partial charge in [0.05, 0.1) is 13.1 Å². The Morgan fingerprint density at radius 1 is 1.10 bits per heavy atom. The predicted octanol–water partition coefficient (Wildman–Crippen LogP) is 2.10. The van der Waals surface area contributed by atoms with E-state index in [4.69, 9.17) is 6.42 Å². The third-order valence-corrected chi connectivity index (χ3v) is 7.18. The first kappa shape index (κ1) is 22.9. The van der Waals surface area contributed by atoms with Crippen molar-refractivity contribution in [2.45, 2.75) is 18.4 Å². The van der Waals surface area contributed by atoms with E-state index in [2.05, 4.69) is 5.92 Å². The number of sulfonamides is 1. The Labute approximate surface area is 183 Å². The van der Waals surface area contributed by atoms with E-state index in [0.717, 1.165) is 17.2 Å². The molecule has 0 N–H and O–H groups in total. The highest BCUT2D eigenvalue weighted by molar-refractivity contribution is 7.89. The predicted molar refractivity (Wildman–Crippen MR) is 117 cm³/mol. The monoisotopic (exact) mass is 443 g/mol. The van der Waals surface area contributed by atoms with Crippen molar-refractivity contribution in [2.75, 3.05) is 39.3 Å². The molecule has 0 spiro atoms. The van der Waals surface area contributed by atoms with E-state index in [0.29, 0.717) is 13.1 Å². The lowest BCUT2D eigenvalue weighted by molar-refractivity contribution is -0.133. The van der Waals surface area contributed by atoms with Gasteiger partial charge in [0.1, 0.15) is 10.7 Å². The summed E-state index contributed by atoms with van der Waals surface area (Å²) in [7, 11) is -3.93. The zero-order chi connectivity index (χ0) is 22.4. The van der Waals surface area contributed by atoms with Gasteiger partial charge in [-0.25, -0.2) is 12.8 Å². The Kier molecular flexibility index (Phi) is 7.44. The summed E-state index contributed by atoms with van der Waals surface area (Å²) in [5.74, 6) is 1.71. The van der Waals surface area contributed by atoms with E-state index in [9.17, 15) is 17.6 Å². The standard InChI is InChI=1S/C23H26FN3O3S/c1-3-12-25(17-20-10-8-19(2)9-11-20)18-23(28)26-13-15-27(16-14-26)31(29,30)22-7-5-4-6-21(22)24/h1,4-11H,12-18H2,2H3. The number of rotatable bonds is 7. The fourth-order valence-corrected chi connectivity index (χ4v) is 5.00. The van der Waals surface area contributed by atoms with Crippen LogP contribution >= 0.6 is 0 Å². The normalized spacial score (nSPS) is 15.1. The highest BCUT2D eigenvalue weighted by Crippen LogP contribution is 2.20. The molecule has 0 atom stereocenters. The van der Waals surface area contributed by atoms with Crippen LogP contribution < -0.4 is 0 Å². The second-order valence-corrected chi connectivity index (χ2v) is 9.46. The second kappa shape index (κ2) is 10.1. The lowest BCUT2D eigenvalue weighted by Crippen LogP contribution is -2.52. The fourth-order valence-electron chi connectivity index (χ4n) is 3.51. The maximum Gasteiger partial charge on any atom is 0.246 e. The molecule has 1 heterocycles. The molecule has 31 heavy (non-hydrogen) atoms. The van der Waals surface area contributed by atoms with Crippen LogP contribution in [0.4, 0.5) is 4.39 Å². The van der Waals surface area contributed by atoms with E-state index < -0.39 is 15.8 Å². The smallest absolute Gasteiger partial charge is 0.246 e. The van der Waals surface area contributed by atoms with Crippen LogP contribution in [0, 0.1) is 25.1 Å². The van der Waals surface area contributed by atoms with Gasteiger partial charge in [-0.3, -0.25) is 9.69 Å². The lowest BCUT2D eigenvalue weighted by atomic mass is 10.1. The number of aryl methyl sites for hydroxylation is 1. The molecule has 0 aromatic heterocycles. The van der Waals surface area contributed by atoms with Crippen molar-refractivity contribution in [3.63, 3.8) is 0 Å². The van der Waals surface area contributed by atoms with Gasteiger partial charge in [0.25, 0.3) is 0 Å². The molecule has 0 saturated carbocycles. The minimum Gasteiger partial charge on any atom is -0.339 e. The molecular formula is C23H26FN3O3S. The number of amides is 1. The molecule has 164 valence electrons. The zero-order valence-corrected chi connectivity index (χ0v) is 18.3. The fraction of sp³-hybridized carbons (Fsp3) is 0.348. The van der Waals surface area contributed by atoms with E-state index >= 15 is 0 Å². The third-order valence-electron chi connectivity index (χ3n) is 5.25. The molecule has 6 nitrogen and oxygen atoms in total. The zero-order valence-electron chi connectivity index (χ0n) is 17.5. The molecule has 0 radical (unpaired) electrons. The summed E-state index contributed by atoms with van der Waals surface area (Å²) in [6.45, 7) is 3.79. The number of hydrogen-bond donors (Lipinski definition) is 0. The second-order valence-electron chi connectivity index (χ2n) is 7.55. The first-order valence-corrected chi connectivity index (χ1v) is 11.5. The number of halogens is 1. The molecule has 1 aliphatic heterocycles. The quantitative estimate of drug-likeness (QED) is 0.615. The van der Waals surface area contributed by atoms with Crippen LogP contribution in [0.1, 0.15) is 11.1 Å². The van der Waals surface area contributed by atoms with Gasteiger partial charge >= 0.3 is 0 Å². The van der Waals surface area contributed by atoms with Gasteiger partial charge < -0.3 is 4.90 Å². The lowest BCUT2D eigenvalue weighted by Gasteiger charge is -2.35. The van der Waals surface area contributed by atoms with Crippen molar-refractivity contribution < 1.29 is 17.6 Å². The van der Waals surface area contributed by atoms with Gasteiger partial charge in [-0.1, -0.05) is 47.9 Å². The van der Waals surface area contributed by atoms with Gasteiger partial charge in [-0.05, 0) is 24.6 Å². The molecule has 0 unspecified atom stereocenters. The van der Waals surface area contributed by atoms with Crippen molar-refractivity contribution in [1.29, 1.82) is 0 Å². The Morgan fingerprint density at radius 3 is 2.35 bits per heavy atom. The summed E-state index contributed by atoms with van der Waals surface area (Å²) in [6.07, 6.45) is 5.47. The number of terminal acetylenes is 1. The third kappa shape index (κ3) is 5.70. The SMILES string of the molecule is C#CCN(CC(=O)N1CCN(S(=O)(=O)c2ccccc2F)CC1)Cc1ccc(C)cc1. The van der Waals surface area contributed by atoms with Gasteiger partial charge in [0.2, 0.25) is 15.9 Å². The number of carbonyl (C=O) groups excluding carboxylic acids is 1. The number of hydrogen-bond acceptors (Lipinski definition) is 4. The van der Waals surface area contributed by atoms with Crippen LogP contribution in [0.25, 0.3) is 0 Å². The van der Waals surface area contributed by atoms with E-state index in [1.807, 2.05) is 36.1 Å². The van der Waals surface area contributed by atoms with Crippen molar-refractivity contribution in [3.05, 3.63) is 65.5 Å². The Bertz CT molecular complexity index is 1060. The van der Waals surface area contributed by atoms with Crippen LogP contribution in [0.2, 0.25) is 0 Å². The highest BCUT2D eigenvalue weighted by Gasteiger charge is 2.32. The average molecular weight is 444 g/mol. The van der Waals surface area contributed by atoms with Crippen LogP contribution in [0.15, 0.2) is 53.4 Å². The molecule has 2 aromatic carbocycles. The van der Waals surface area contributed by atoms with Crippen molar-refractivity contribution in [2.24, 2.45) is 0 Å². The topological polar surface area (TPSA) is 60.9 Å². The van der Waals surface area contributed by atoms with Crippen molar-refractivity contribution in [1.82, 2.24) is 14.1 Å². The number of benzene rings is 2. The molecule has 3 rings (SSSR count). The summed E-state index contributed by atoms with van der Waals surface area (Å²) < 4.78 is 40.6. The summed E-state index contributed by atoms with van der Waals surface area (Å²) in [5, 5.41) is 0. The molecule has 1 aliphatic rings. The molecule has 8 heteroatoms. The highest BCUT2D eigenvalue weighted by atomic mass is 32.2. The Morgan fingerprint density at radius 2 is 1.74 bits per heavy atom. The van der Waals surface area contributed by atoms with Crippen LogP contribution in [0.5, 0.6) is 0 Å². The van der Waals surface area contributed by atoms with Gasteiger partial charge in [0.15, 0.2) is 0 Å². The van der Waals surface area contributed by atoms with Crippen LogP contribution in [0.3, 0.4) is 0 Å². The van der Waals surface area contributed by atoms with Gasteiger partial charge in [-0.2, -0.15) is 4.31 Å². The summed E-state index contributed by atoms with van der Waals surface area (Å²) in [4.78, 5) is 16.0. The first-order chi connectivity index (χ1) is 14.8. The molecule has 1 fully saturated rings. The minimum atomic E-state index is -3.93. The van der Waals surface area contributed by atoms with Gasteiger partial charge in [-0.15, -0.1) is 6.42 Å². The van der Waals surface area contributed by atoms with E-state index in [1.54, 1.807) is 4.90 Å². The summed E-state index contributed by atoms with van der Waals surface area (Å²) >= 11 is 0. The molecule has 1 amide bonds. The van der Waals surface area contributed by atoms with Crippen LogP contribution in [-0.2, 0) is 21.4 Å². The van der Waals surface area contributed by atoms with Crippen molar-refractivity contribution in [3.8, 4) is 12.3 Å². The molecule has 2 aromatic rings. The van der Waals surface area contributed by atoms with E-state index in [-0.39, 0.29) is 43.5 Å². The first-order valence-electron chi connectivity index (χ1n) is 10.0. The Hall–Kier alpha value is -2.73. The van der Waals surface area contributed by atoms with E-state index in [1.165, 1.54) is 22.5 Å². The molecule has 0 bridgehead atoms. The Balaban J connectivity index is 1.59. The maximum absolute atomic E-state index is 14.0. The van der Waals surface area contributed by atoms with Crippen LogP contribution in [-0.4, -0.2) is 67.7 Å². The number of nitrogens with zero attached hydrogens (tertiary/aromatic N) is 3. The average Bonchev–Trinajstić information content (AvgIpc) is 2.76. The minimum absolute atomic E-state index is 0.106. The van der Waals surface area contributed by atoms with Gasteiger partial charge in [0, 0.05) is 32.7 Å². The molecular weight excluding hydrogens is 417 g/mol. The number of carbonyl (C=O) groups is 1. The molecule has 1 saturated heterocycles. The van der Waals surface area contributed by atoms with Crippen molar-refractivity contribution >= 4 is 15.9 Å². The largest absolute Gasteiger partial charge is 0.339 e. The summed E-state index contributed by atoms with van der Waals surface area (Å²) in [6, 6.07) is 13.4. The summed E-state index contributed by atoms with van der Waals surface area (Å²) in [5.41, 5.74) is 2.22. The molecule has 0 aliphatic carbocycles. The maximum atomic E-state index is 14.0. The number of piperazine rings is 1.